The molecule has 4 rings (SSSR count). The Morgan fingerprint density at radius 1 is 1.29 bits per heavy atom. The SMILES string of the molecule is O=C(Nc1ncc(CO)s1)/C(=N/N1CCCC1)c1ccc(S(=O)C2CC2)cc1. The van der Waals surface area contributed by atoms with Crippen molar-refractivity contribution in [3.05, 3.63) is 40.9 Å². The Balaban J connectivity index is 1.57. The molecule has 2 N–H and O–H groups in total. The molecule has 1 saturated carbocycles. The minimum atomic E-state index is -0.973. The summed E-state index contributed by atoms with van der Waals surface area (Å²) in [6.45, 7) is 1.54. The molecule has 0 spiro atoms. The Labute approximate surface area is 169 Å². The smallest absolute Gasteiger partial charge is 0.278 e. The highest BCUT2D eigenvalue weighted by molar-refractivity contribution is 7.86. The molecule has 0 bridgehead atoms. The second kappa shape index (κ2) is 8.50. The summed E-state index contributed by atoms with van der Waals surface area (Å²) in [6, 6.07) is 7.27. The van der Waals surface area contributed by atoms with E-state index in [1.807, 2.05) is 29.3 Å². The van der Waals surface area contributed by atoms with Crippen LogP contribution in [-0.2, 0) is 22.2 Å². The van der Waals surface area contributed by atoms with Gasteiger partial charge in [-0.15, -0.1) is 0 Å². The molecule has 2 aliphatic rings. The predicted molar refractivity (Wildman–Crippen MR) is 110 cm³/mol. The number of hydrogen-bond acceptors (Lipinski definition) is 7. The quantitative estimate of drug-likeness (QED) is 0.673. The van der Waals surface area contributed by atoms with Gasteiger partial charge in [0.25, 0.3) is 5.91 Å². The standard InChI is InChI=1S/C19H22N4O3S2/c24-12-14-11-20-19(27-14)21-18(25)17(22-23-9-1-2-10-23)13-3-5-15(6-4-13)28(26)16-7-8-16/h3-6,11,16,24H,1-2,7-10,12H2,(H,20,21,25)/b22-17+. The Kier molecular flexibility index (Phi) is 5.84. The van der Waals surface area contributed by atoms with Crippen LogP contribution in [0.4, 0.5) is 5.13 Å². The Morgan fingerprint density at radius 2 is 2.00 bits per heavy atom. The van der Waals surface area contributed by atoms with Crippen LogP contribution in [0.15, 0.2) is 40.5 Å². The van der Waals surface area contributed by atoms with E-state index >= 15 is 0 Å². The van der Waals surface area contributed by atoms with E-state index in [1.165, 1.54) is 11.3 Å². The lowest BCUT2D eigenvalue weighted by molar-refractivity contribution is -0.110. The fraction of sp³-hybridized carbons (Fsp3) is 0.421. The first kappa shape index (κ1) is 19.2. The van der Waals surface area contributed by atoms with E-state index in [1.54, 1.807) is 6.20 Å². The van der Waals surface area contributed by atoms with Crippen LogP contribution >= 0.6 is 11.3 Å². The summed E-state index contributed by atoms with van der Waals surface area (Å²) >= 11 is 1.23. The van der Waals surface area contributed by atoms with Crippen LogP contribution in [-0.4, -0.2) is 49.3 Å². The molecule has 2 heterocycles. The molecule has 1 amide bonds. The lowest BCUT2D eigenvalue weighted by Gasteiger charge is -2.14. The summed E-state index contributed by atoms with van der Waals surface area (Å²) < 4.78 is 12.3. The first-order valence-corrected chi connectivity index (χ1v) is 11.4. The predicted octanol–water partition coefficient (Wildman–Crippen LogP) is 2.34. The molecule has 28 heavy (non-hydrogen) atoms. The van der Waals surface area contributed by atoms with Gasteiger partial charge in [0.2, 0.25) is 0 Å². The highest BCUT2D eigenvalue weighted by atomic mass is 32.2. The van der Waals surface area contributed by atoms with Gasteiger partial charge in [0.05, 0.1) is 22.3 Å². The van der Waals surface area contributed by atoms with Gasteiger partial charge in [-0.05, 0) is 37.8 Å². The monoisotopic (exact) mass is 418 g/mol. The Bertz CT molecular complexity index is 900. The molecule has 1 saturated heterocycles. The number of thiazole rings is 1. The van der Waals surface area contributed by atoms with E-state index in [-0.39, 0.29) is 17.8 Å². The van der Waals surface area contributed by atoms with Crippen LogP contribution in [0.25, 0.3) is 0 Å². The third-order valence-electron chi connectivity index (χ3n) is 4.66. The number of anilines is 1. The highest BCUT2D eigenvalue weighted by Crippen LogP contribution is 2.30. The van der Waals surface area contributed by atoms with Gasteiger partial charge in [-0.1, -0.05) is 23.5 Å². The van der Waals surface area contributed by atoms with E-state index in [0.29, 0.717) is 21.3 Å². The molecule has 148 valence electrons. The van der Waals surface area contributed by atoms with Crippen LogP contribution in [0.2, 0.25) is 0 Å². The zero-order valence-electron chi connectivity index (χ0n) is 15.3. The van der Waals surface area contributed by atoms with Crippen molar-refractivity contribution in [2.24, 2.45) is 5.10 Å². The fourth-order valence-electron chi connectivity index (χ4n) is 2.99. The summed E-state index contributed by atoms with van der Waals surface area (Å²) in [6.07, 6.45) is 5.69. The zero-order chi connectivity index (χ0) is 19.5. The minimum absolute atomic E-state index is 0.109. The Morgan fingerprint density at radius 3 is 2.61 bits per heavy atom. The number of rotatable bonds is 7. The lowest BCUT2D eigenvalue weighted by atomic mass is 10.1. The van der Waals surface area contributed by atoms with Crippen LogP contribution in [0.1, 0.15) is 36.1 Å². The number of benzene rings is 1. The van der Waals surface area contributed by atoms with Gasteiger partial charge in [0.1, 0.15) is 0 Å². The maximum absolute atomic E-state index is 12.9. The summed E-state index contributed by atoms with van der Waals surface area (Å²) in [4.78, 5) is 18.5. The van der Waals surface area contributed by atoms with Crippen molar-refractivity contribution >= 4 is 38.9 Å². The average Bonchev–Trinajstić information content (AvgIpc) is 3.25. The van der Waals surface area contributed by atoms with Crippen molar-refractivity contribution in [1.82, 2.24) is 9.99 Å². The first-order valence-electron chi connectivity index (χ1n) is 9.35. The third kappa shape index (κ3) is 4.48. The number of aliphatic hydroxyl groups is 1. The minimum Gasteiger partial charge on any atom is -0.391 e. The van der Waals surface area contributed by atoms with Gasteiger partial charge in [0.15, 0.2) is 10.8 Å². The largest absolute Gasteiger partial charge is 0.391 e. The molecule has 1 aromatic carbocycles. The first-order chi connectivity index (χ1) is 13.6. The number of hydrogen-bond donors (Lipinski definition) is 2. The molecule has 1 aliphatic carbocycles. The van der Waals surface area contributed by atoms with E-state index in [2.05, 4.69) is 15.4 Å². The van der Waals surface area contributed by atoms with Gasteiger partial charge >= 0.3 is 0 Å². The number of amides is 1. The van der Waals surface area contributed by atoms with Crippen molar-refractivity contribution in [3.63, 3.8) is 0 Å². The Hall–Kier alpha value is -2.10. The van der Waals surface area contributed by atoms with Crippen molar-refractivity contribution in [3.8, 4) is 0 Å². The van der Waals surface area contributed by atoms with Crippen LogP contribution in [0, 0.1) is 0 Å². The molecule has 1 unspecified atom stereocenters. The average molecular weight is 419 g/mol. The number of nitrogens with one attached hydrogen (secondary N) is 1. The maximum Gasteiger partial charge on any atom is 0.278 e. The van der Waals surface area contributed by atoms with Crippen molar-refractivity contribution in [2.75, 3.05) is 18.4 Å². The lowest BCUT2D eigenvalue weighted by Crippen LogP contribution is -2.27. The molecule has 1 atom stereocenters. The molecule has 1 aromatic heterocycles. The number of aromatic nitrogens is 1. The normalized spacial score (nSPS) is 18.3. The topological polar surface area (TPSA) is 94.9 Å². The molecular formula is C19H22N4O3S2. The molecular weight excluding hydrogens is 396 g/mol. The number of carbonyl (C=O) groups is 1. The second-order valence-electron chi connectivity index (χ2n) is 6.87. The molecule has 9 heteroatoms. The van der Waals surface area contributed by atoms with Crippen LogP contribution in [0.5, 0.6) is 0 Å². The van der Waals surface area contributed by atoms with Crippen molar-refractivity contribution < 1.29 is 14.1 Å². The van der Waals surface area contributed by atoms with E-state index in [0.717, 1.165) is 43.7 Å². The van der Waals surface area contributed by atoms with Gasteiger partial charge in [-0.25, -0.2) is 4.98 Å². The van der Waals surface area contributed by atoms with E-state index < -0.39 is 10.8 Å². The van der Waals surface area contributed by atoms with E-state index in [9.17, 15) is 14.1 Å². The van der Waals surface area contributed by atoms with Gasteiger partial charge in [-0.2, -0.15) is 5.10 Å². The zero-order valence-corrected chi connectivity index (χ0v) is 17.0. The fourth-order valence-corrected chi connectivity index (χ4v) is 5.01. The van der Waals surface area contributed by atoms with Crippen molar-refractivity contribution in [2.45, 2.75) is 42.4 Å². The molecule has 2 fully saturated rings. The highest BCUT2D eigenvalue weighted by Gasteiger charge is 2.29. The molecule has 2 aromatic rings. The van der Waals surface area contributed by atoms with Crippen LogP contribution in [0.3, 0.4) is 0 Å². The second-order valence-corrected chi connectivity index (χ2v) is 9.72. The summed E-state index contributed by atoms with van der Waals surface area (Å²) in [5.74, 6) is -0.346. The molecule has 1 aliphatic heterocycles. The molecule has 0 radical (unpaired) electrons. The van der Waals surface area contributed by atoms with Gasteiger partial charge in [-0.3, -0.25) is 19.3 Å². The molecule has 7 nitrogen and oxygen atoms in total. The number of hydrazone groups is 1. The summed E-state index contributed by atoms with van der Waals surface area (Å²) in [5.41, 5.74) is 0.992. The maximum atomic E-state index is 12.9. The van der Waals surface area contributed by atoms with Crippen LogP contribution < -0.4 is 5.32 Å². The summed E-state index contributed by atoms with van der Waals surface area (Å²) in [5, 5.41) is 19.1. The number of aliphatic hydroxyl groups excluding tert-OH is 1. The van der Waals surface area contributed by atoms with Crippen molar-refractivity contribution in [1.29, 1.82) is 0 Å². The van der Waals surface area contributed by atoms with E-state index in [4.69, 9.17) is 0 Å². The van der Waals surface area contributed by atoms with Gasteiger partial charge in [0, 0.05) is 35.0 Å². The number of nitrogens with zero attached hydrogens (tertiary/aromatic N) is 3. The summed E-state index contributed by atoms with van der Waals surface area (Å²) in [7, 11) is -0.973. The number of carbonyl (C=O) groups excluding carboxylic acids is 1. The van der Waals surface area contributed by atoms with Gasteiger partial charge < -0.3 is 5.11 Å². The third-order valence-corrected chi connectivity index (χ3v) is 7.37.